The molecule has 3 aromatic rings. The predicted molar refractivity (Wildman–Crippen MR) is 79.8 cm³/mol. The summed E-state index contributed by atoms with van der Waals surface area (Å²) in [6.45, 7) is 2.07. The first-order valence-electron chi connectivity index (χ1n) is 6.04. The molecule has 0 aliphatic carbocycles. The van der Waals surface area contributed by atoms with E-state index in [-0.39, 0.29) is 0 Å². The fourth-order valence-electron chi connectivity index (χ4n) is 1.82. The molecule has 0 saturated heterocycles. The molecule has 0 radical (unpaired) electrons. The Bertz CT molecular complexity index is 677. The van der Waals surface area contributed by atoms with Crippen molar-refractivity contribution in [3.05, 3.63) is 60.2 Å². The maximum absolute atomic E-state index is 4.21. The van der Waals surface area contributed by atoms with Crippen LogP contribution in [0.5, 0.6) is 0 Å². The molecule has 1 heterocycles. The van der Waals surface area contributed by atoms with Crippen LogP contribution in [0.25, 0.3) is 10.6 Å². The molecule has 3 rings (SSSR count). The lowest BCUT2D eigenvalue weighted by Crippen LogP contribution is -1.89. The van der Waals surface area contributed by atoms with Crippen molar-refractivity contribution in [1.29, 1.82) is 0 Å². The van der Waals surface area contributed by atoms with Gasteiger partial charge in [-0.3, -0.25) is 0 Å². The van der Waals surface area contributed by atoms with Gasteiger partial charge >= 0.3 is 0 Å². The fraction of sp³-hybridized carbons (Fsp3) is 0.0667. The summed E-state index contributed by atoms with van der Waals surface area (Å²) >= 11 is 1.55. The second-order valence-corrected chi connectivity index (χ2v) is 5.25. The van der Waals surface area contributed by atoms with E-state index in [2.05, 4.69) is 34.6 Å². The molecule has 94 valence electrons. The highest BCUT2D eigenvalue weighted by Crippen LogP contribution is 2.28. The second-order valence-electron chi connectivity index (χ2n) is 4.27. The van der Waals surface area contributed by atoms with Gasteiger partial charge in [-0.2, -0.15) is 0 Å². The molecule has 0 atom stereocenters. The lowest BCUT2D eigenvalue weighted by molar-refractivity contribution is 1.10. The number of nitrogens with zero attached hydrogens (tertiary/aromatic N) is 2. The normalized spacial score (nSPS) is 10.4. The maximum Gasteiger partial charge on any atom is 0.210 e. The van der Waals surface area contributed by atoms with Gasteiger partial charge in [-0.25, -0.2) is 0 Å². The molecule has 0 fully saturated rings. The molecule has 0 aliphatic heterocycles. The lowest BCUT2D eigenvalue weighted by Gasteiger charge is -2.01. The van der Waals surface area contributed by atoms with Gasteiger partial charge in [0.05, 0.1) is 0 Å². The van der Waals surface area contributed by atoms with Gasteiger partial charge in [0.2, 0.25) is 5.13 Å². The van der Waals surface area contributed by atoms with Gasteiger partial charge in [-0.15, -0.1) is 10.2 Å². The van der Waals surface area contributed by atoms with Crippen LogP contribution in [0.3, 0.4) is 0 Å². The van der Waals surface area contributed by atoms with Gasteiger partial charge in [0.1, 0.15) is 5.01 Å². The van der Waals surface area contributed by atoms with Gasteiger partial charge in [-0.05, 0) is 24.6 Å². The highest BCUT2D eigenvalue weighted by Gasteiger charge is 2.06. The van der Waals surface area contributed by atoms with Crippen LogP contribution in [0.15, 0.2) is 54.6 Å². The number of benzene rings is 2. The summed E-state index contributed by atoms with van der Waals surface area (Å²) in [6.07, 6.45) is 0. The molecule has 0 aliphatic rings. The average Bonchev–Trinajstić information content (AvgIpc) is 2.88. The average molecular weight is 267 g/mol. The van der Waals surface area contributed by atoms with Crippen LogP contribution in [0.4, 0.5) is 10.8 Å². The van der Waals surface area contributed by atoms with Gasteiger partial charge in [0.15, 0.2) is 0 Å². The number of rotatable bonds is 3. The van der Waals surface area contributed by atoms with E-state index in [9.17, 15) is 0 Å². The molecule has 4 heteroatoms. The summed E-state index contributed by atoms with van der Waals surface area (Å²) in [7, 11) is 0. The maximum atomic E-state index is 4.21. The van der Waals surface area contributed by atoms with Crippen molar-refractivity contribution in [2.24, 2.45) is 0 Å². The van der Waals surface area contributed by atoms with Gasteiger partial charge in [0.25, 0.3) is 0 Å². The quantitative estimate of drug-likeness (QED) is 0.770. The Hall–Kier alpha value is -2.20. The van der Waals surface area contributed by atoms with Crippen molar-refractivity contribution in [2.75, 3.05) is 5.32 Å². The molecule has 0 saturated carbocycles. The smallest absolute Gasteiger partial charge is 0.210 e. The van der Waals surface area contributed by atoms with Crippen LogP contribution in [0, 0.1) is 6.92 Å². The number of hydrogen-bond donors (Lipinski definition) is 1. The third kappa shape index (κ3) is 2.80. The van der Waals surface area contributed by atoms with Crippen molar-refractivity contribution in [3.63, 3.8) is 0 Å². The van der Waals surface area contributed by atoms with E-state index in [0.717, 1.165) is 21.4 Å². The van der Waals surface area contributed by atoms with Crippen molar-refractivity contribution in [1.82, 2.24) is 10.2 Å². The zero-order valence-corrected chi connectivity index (χ0v) is 11.3. The molecule has 0 spiro atoms. The van der Waals surface area contributed by atoms with E-state index in [1.807, 2.05) is 42.5 Å². The molecule has 1 N–H and O–H groups in total. The van der Waals surface area contributed by atoms with E-state index >= 15 is 0 Å². The molecular weight excluding hydrogens is 254 g/mol. The van der Waals surface area contributed by atoms with Crippen LogP contribution < -0.4 is 5.32 Å². The number of aryl methyl sites for hydroxylation is 1. The highest BCUT2D eigenvalue weighted by molar-refractivity contribution is 7.18. The van der Waals surface area contributed by atoms with Crippen LogP contribution in [-0.4, -0.2) is 10.2 Å². The highest BCUT2D eigenvalue weighted by atomic mass is 32.1. The number of anilines is 2. The first-order chi connectivity index (χ1) is 9.31. The van der Waals surface area contributed by atoms with Crippen molar-refractivity contribution in [3.8, 4) is 10.6 Å². The number of hydrogen-bond acceptors (Lipinski definition) is 4. The van der Waals surface area contributed by atoms with Gasteiger partial charge in [-0.1, -0.05) is 53.8 Å². The zero-order chi connectivity index (χ0) is 13.1. The minimum atomic E-state index is 0.810. The van der Waals surface area contributed by atoms with E-state index < -0.39 is 0 Å². The number of aromatic nitrogens is 2. The minimum Gasteiger partial charge on any atom is -0.330 e. The molecule has 3 nitrogen and oxygen atoms in total. The molecule has 1 aromatic heterocycles. The fourth-order valence-corrected chi connectivity index (χ4v) is 2.59. The van der Waals surface area contributed by atoms with Crippen molar-refractivity contribution >= 4 is 22.2 Å². The standard InChI is InChI=1S/C15H13N3S/c1-11-6-5-9-13(10-11)16-15-18-17-14(19-15)12-7-3-2-4-8-12/h2-10H,1H3,(H,16,18). The van der Waals surface area contributed by atoms with E-state index in [4.69, 9.17) is 0 Å². The Morgan fingerprint density at radius 2 is 1.79 bits per heavy atom. The van der Waals surface area contributed by atoms with Crippen LogP contribution in [0.2, 0.25) is 0 Å². The molecular formula is C15H13N3S. The van der Waals surface area contributed by atoms with Crippen molar-refractivity contribution < 1.29 is 0 Å². The Morgan fingerprint density at radius 1 is 0.947 bits per heavy atom. The SMILES string of the molecule is Cc1cccc(Nc2nnc(-c3ccccc3)s2)c1. The Balaban J connectivity index is 1.82. The molecule has 0 amide bonds. The summed E-state index contributed by atoms with van der Waals surface area (Å²) in [5, 5.41) is 13.4. The van der Waals surface area contributed by atoms with E-state index in [1.54, 1.807) is 11.3 Å². The first-order valence-corrected chi connectivity index (χ1v) is 6.85. The van der Waals surface area contributed by atoms with Gasteiger partial charge < -0.3 is 5.32 Å². The molecule has 2 aromatic carbocycles. The summed E-state index contributed by atoms with van der Waals surface area (Å²) in [5.41, 5.74) is 3.35. The van der Waals surface area contributed by atoms with E-state index in [0.29, 0.717) is 0 Å². The van der Waals surface area contributed by atoms with Gasteiger partial charge in [0, 0.05) is 11.3 Å². The largest absolute Gasteiger partial charge is 0.330 e. The monoisotopic (exact) mass is 267 g/mol. The molecule has 0 bridgehead atoms. The predicted octanol–water partition coefficient (Wildman–Crippen LogP) is 4.26. The summed E-state index contributed by atoms with van der Waals surface area (Å²) in [5.74, 6) is 0. The van der Waals surface area contributed by atoms with Crippen molar-refractivity contribution in [2.45, 2.75) is 6.92 Å². The Labute approximate surface area is 116 Å². The lowest BCUT2D eigenvalue weighted by atomic mass is 10.2. The first kappa shape index (κ1) is 11.9. The Morgan fingerprint density at radius 3 is 2.58 bits per heavy atom. The molecule has 19 heavy (non-hydrogen) atoms. The summed E-state index contributed by atoms with van der Waals surface area (Å²) in [4.78, 5) is 0. The Kier molecular flexibility index (Phi) is 3.25. The second kappa shape index (κ2) is 5.20. The minimum absolute atomic E-state index is 0.810. The van der Waals surface area contributed by atoms with Crippen LogP contribution >= 0.6 is 11.3 Å². The third-order valence-corrected chi connectivity index (χ3v) is 3.60. The summed E-state index contributed by atoms with van der Waals surface area (Å²) < 4.78 is 0. The van der Waals surface area contributed by atoms with Crippen LogP contribution in [-0.2, 0) is 0 Å². The van der Waals surface area contributed by atoms with E-state index in [1.165, 1.54) is 5.56 Å². The topological polar surface area (TPSA) is 37.8 Å². The third-order valence-electron chi connectivity index (χ3n) is 2.72. The number of nitrogens with one attached hydrogen (secondary N) is 1. The summed E-state index contributed by atoms with van der Waals surface area (Å²) in [6, 6.07) is 18.3. The van der Waals surface area contributed by atoms with Crippen LogP contribution in [0.1, 0.15) is 5.56 Å². The molecule has 0 unspecified atom stereocenters. The zero-order valence-electron chi connectivity index (χ0n) is 10.5.